The summed E-state index contributed by atoms with van der Waals surface area (Å²) in [7, 11) is -4.14. The van der Waals surface area contributed by atoms with Crippen molar-refractivity contribution in [1.29, 1.82) is 5.26 Å². The molecule has 3 rings (SSSR count). The standard InChI is InChI=1S/C17H11Cl2N5O3S/c18-13-4-1-5-14(15(13)19)28(25,26)24-16-17(23-12(7-20)9-22-16)27-10-11-3-2-6-21-8-11/h1-6,8-9H,10H2,(H,22,24). The van der Waals surface area contributed by atoms with Gasteiger partial charge in [-0.25, -0.2) is 13.4 Å². The topological polar surface area (TPSA) is 118 Å². The molecule has 3 aromatic rings. The minimum Gasteiger partial charge on any atom is -0.470 e. The largest absolute Gasteiger partial charge is 0.470 e. The maximum Gasteiger partial charge on any atom is 0.264 e. The van der Waals surface area contributed by atoms with Gasteiger partial charge in [0.2, 0.25) is 5.82 Å². The number of hydrogen-bond donors (Lipinski definition) is 1. The molecule has 0 bridgehead atoms. The van der Waals surface area contributed by atoms with Crippen LogP contribution in [-0.2, 0) is 16.6 Å². The van der Waals surface area contributed by atoms with Gasteiger partial charge in [-0.3, -0.25) is 9.71 Å². The van der Waals surface area contributed by atoms with Crippen molar-refractivity contribution in [2.24, 2.45) is 0 Å². The van der Waals surface area contributed by atoms with Crippen molar-refractivity contribution in [2.75, 3.05) is 4.72 Å². The lowest BCUT2D eigenvalue weighted by atomic mass is 10.3. The second kappa shape index (κ2) is 8.39. The van der Waals surface area contributed by atoms with E-state index < -0.39 is 10.0 Å². The number of halogens is 2. The summed E-state index contributed by atoms with van der Waals surface area (Å²) in [6, 6.07) is 9.53. The number of nitriles is 1. The first-order valence-corrected chi connectivity index (χ1v) is 9.90. The number of aromatic nitrogens is 3. The number of sulfonamides is 1. The Morgan fingerprint density at radius 3 is 2.71 bits per heavy atom. The van der Waals surface area contributed by atoms with Crippen molar-refractivity contribution in [2.45, 2.75) is 11.5 Å². The molecular weight excluding hydrogens is 425 g/mol. The van der Waals surface area contributed by atoms with E-state index in [0.717, 1.165) is 11.8 Å². The molecule has 28 heavy (non-hydrogen) atoms. The fourth-order valence-electron chi connectivity index (χ4n) is 2.11. The van der Waals surface area contributed by atoms with E-state index in [1.165, 1.54) is 18.2 Å². The van der Waals surface area contributed by atoms with Gasteiger partial charge in [-0.2, -0.15) is 10.2 Å². The molecule has 0 aliphatic heterocycles. The van der Waals surface area contributed by atoms with Crippen LogP contribution in [0.4, 0.5) is 5.82 Å². The fourth-order valence-corrected chi connectivity index (χ4v) is 3.88. The van der Waals surface area contributed by atoms with Gasteiger partial charge in [-0.1, -0.05) is 35.3 Å². The molecule has 0 fully saturated rings. The maximum absolute atomic E-state index is 12.7. The molecule has 0 saturated carbocycles. The molecule has 0 atom stereocenters. The second-order valence-electron chi connectivity index (χ2n) is 5.33. The zero-order chi connectivity index (χ0) is 20.1. The Hall–Kier alpha value is -2.93. The number of rotatable bonds is 6. The van der Waals surface area contributed by atoms with Crippen LogP contribution in [0, 0.1) is 11.3 Å². The summed E-state index contributed by atoms with van der Waals surface area (Å²) in [6.45, 7) is 0.0457. The first-order valence-electron chi connectivity index (χ1n) is 7.66. The molecule has 0 amide bonds. The number of pyridine rings is 1. The fraction of sp³-hybridized carbons (Fsp3) is 0.0588. The minimum atomic E-state index is -4.14. The van der Waals surface area contributed by atoms with Gasteiger partial charge in [0, 0.05) is 18.0 Å². The molecule has 0 unspecified atom stereocenters. The normalized spacial score (nSPS) is 10.9. The van der Waals surface area contributed by atoms with Crippen molar-refractivity contribution in [3.8, 4) is 11.9 Å². The highest BCUT2D eigenvalue weighted by Crippen LogP contribution is 2.31. The summed E-state index contributed by atoms with van der Waals surface area (Å²) in [5, 5.41) is 8.98. The van der Waals surface area contributed by atoms with Gasteiger partial charge >= 0.3 is 0 Å². The average molecular weight is 436 g/mol. The Bertz CT molecular complexity index is 1150. The quantitative estimate of drug-likeness (QED) is 0.629. The predicted octanol–water partition coefficient (Wildman–Crippen LogP) is 3.43. The van der Waals surface area contributed by atoms with Gasteiger partial charge in [-0.15, -0.1) is 0 Å². The lowest BCUT2D eigenvalue weighted by Gasteiger charge is -2.13. The van der Waals surface area contributed by atoms with Crippen molar-refractivity contribution in [3.63, 3.8) is 0 Å². The number of anilines is 1. The SMILES string of the molecule is N#Cc1cnc(NS(=O)(=O)c2cccc(Cl)c2Cl)c(OCc2cccnc2)n1. The third kappa shape index (κ3) is 4.48. The molecule has 0 aliphatic rings. The van der Waals surface area contributed by atoms with E-state index in [4.69, 9.17) is 33.2 Å². The highest BCUT2D eigenvalue weighted by molar-refractivity contribution is 7.92. The number of nitrogens with one attached hydrogen (secondary N) is 1. The van der Waals surface area contributed by atoms with Gasteiger partial charge in [0.15, 0.2) is 5.69 Å². The van der Waals surface area contributed by atoms with E-state index >= 15 is 0 Å². The molecule has 0 saturated heterocycles. The summed E-state index contributed by atoms with van der Waals surface area (Å²) in [6.07, 6.45) is 4.30. The number of hydrogen-bond acceptors (Lipinski definition) is 7. The molecule has 0 aliphatic carbocycles. The van der Waals surface area contributed by atoms with E-state index in [-0.39, 0.29) is 38.9 Å². The zero-order valence-corrected chi connectivity index (χ0v) is 16.3. The Balaban J connectivity index is 1.93. The van der Waals surface area contributed by atoms with Crippen LogP contribution >= 0.6 is 23.2 Å². The Labute approximate surface area is 170 Å². The first kappa shape index (κ1) is 19.8. The molecule has 1 aromatic carbocycles. The summed E-state index contributed by atoms with van der Waals surface area (Å²) in [5.74, 6) is -0.358. The molecule has 0 radical (unpaired) electrons. The van der Waals surface area contributed by atoms with Gasteiger partial charge < -0.3 is 4.74 Å². The first-order chi connectivity index (χ1) is 13.4. The van der Waals surface area contributed by atoms with E-state index in [2.05, 4.69) is 19.7 Å². The van der Waals surface area contributed by atoms with Crippen molar-refractivity contribution in [1.82, 2.24) is 15.0 Å². The molecule has 0 spiro atoms. The number of nitrogens with zero attached hydrogens (tertiary/aromatic N) is 4. The highest BCUT2D eigenvalue weighted by Gasteiger charge is 2.23. The van der Waals surface area contributed by atoms with Crippen molar-refractivity contribution < 1.29 is 13.2 Å². The summed E-state index contributed by atoms with van der Waals surface area (Å²) in [5.41, 5.74) is 0.684. The van der Waals surface area contributed by atoms with Crippen LogP contribution in [0.25, 0.3) is 0 Å². The van der Waals surface area contributed by atoms with Crippen LogP contribution in [0.5, 0.6) is 5.88 Å². The summed E-state index contributed by atoms with van der Waals surface area (Å²) >= 11 is 11.9. The van der Waals surface area contributed by atoms with Gasteiger partial charge in [-0.05, 0) is 18.2 Å². The van der Waals surface area contributed by atoms with Crippen LogP contribution in [0.1, 0.15) is 11.3 Å². The van der Waals surface area contributed by atoms with Gasteiger partial charge in [0.05, 0.1) is 16.2 Å². The molecular formula is C17H11Cl2N5O3S. The maximum atomic E-state index is 12.7. The lowest BCUT2D eigenvalue weighted by Crippen LogP contribution is -2.16. The smallest absolute Gasteiger partial charge is 0.264 e. The molecule has 2 aromatic heterocycles. The van der Waals surface area contributed by atoms with Crippen molar-refractivity contribution >= 4 is 39.0 Å². The number of benzene rings is 1. The third-order valence-corrected chi connectivity index (χ3v) is 5.70. The Morgan fingerprint density at radius 1 is 1.18 bits per heavy atom. The van der Waals surface area contributed by atoms with Crippen molar-refractivity contribution in [3.05, 3.63) is 70.2 Å². The number of ether oxygens (including phenoxy) is 1. The lowest BCUT2D eigenvalue weighted by molar-refractivity contribution is 0.294. The summed E-state index contributed by atoms with van der Waals surface area (Å²) in [4.78, 5) is 11.6. The average Bonchev–Trinajstić information content (AvgIpc) is 2.69. The van der Waals surface area contributed by atoms with Crippen LogP contribution in [0.3, 0.4) is 0 Å². The van der Waals surface area contributed by atoms with Gasteiger partial charge in [0.25, 0.3) is 15.9 Å². The highest BCUT2D eigenvalue weighted by atomic mass is 35.5. The molecule has 2 heterocycles. The molecule has 11 heteroatoms. The Kier molecular flexibility index (Phi) is 5.94. The van der Waals surface area contributed by atoms with Crippen LogP contribution < -0.4 is 9.46 Å². The zero-order valence-electron chi connectivity index (χ0n) is 14.0. The van der Waals surface area contributed by atoms with Crippen LogP contribution in [0.2, 0.25) is 10.0 Å². The van der Waals surface area contributed by atoms with Crippen LogP contribution in [0.15, 0.2) is 53.8 Å². The summed E-state index contributed by atoms with van der Waals surface area (Å²) < 4.78 is 33.2. The molecule has 8 nitrogen and oxygen atoms in total. The van der Waals surface area contributed by atoms with Gasteiger partial charge in [0.1, 0.15) is 17.6 Å². The van der Waals surface area contributed by atoms with E-state index in [0.29, 0.717) is 0 Å². The Morgan fingerprint density at radius 2 is 2.00 bits per heavy atom. The van der Waals surface area contributed by atoms with E-state index in [9.17, 15) is 8.42 Å². The second-order valence-corrected chi connectivity index (χ2v) is 7.76. The van der Waals surface area contributed by atoms with E-state index in [1.807, 2.05) is 6.07 Å². The predicted molar refractivity (Wildman–Crippen MR) is 103 cm³/mol. The van der Waals surface area contributed by atoms with E-state index in [1.54, 1.807) is 24.5 Å². The third-order valence-electron chi connectivity index (χ3n) is 3.39. The molecule has 1 N–H and O–H groups in total. The molecule has 142 valence electrons. The minimum absolute atomic E-state index is 0.0371. The monoisotopic (exact) mass is 435 g/mol. The van der Waals surface area contributed by atoms with Crippen LogP contribution in [-0.4, -0.2) is 23.4 Å².